The first kappa shape index (κ1) is 14.0. The van der Waals surface area contributed by atoms with Gasteiger partial charge in [-0.05, 0) is 26.0 Å². The summed E-state index contributed by atoms with van der Waals surface area (Å²) < 4.78 is 0. The number of para-hydroxylation sites is 1. The number of rotatable bonds is 5. The van der Waals surface area contributed by atoms with Crippen LogP contribution in [0.15, 0.2) is 24.3 Å². The number of benzene rings is 1. The molecular weight excluding hydrogens is 240 g/mol. The molecule has 3 N–H and O–H groups in total. The molecule has 0 saturated heterocycles. The molecule has 0 saturated carbocycles. The summed E-state index contributed by atoms with van der Waals surface area (Å²) in [6, 6.07) is 7.04. The summed E-state index contributed by atoms with van der Waals surface area (Å²) in [5, 5.41) is 15.2. The molecule has 1 aromatic carbocycles. The van der Waals surface area contributed by atoms with E-state index in [0.717, 1.165) is 0 Å². The average molecular weight is 257 g/mol. The van der Waals surface area contributed by atoms with Gasteiger partial charge in [0.15, 0.2) is 0 Å². The van der Waals surface area contributed by atoms with E-state index >= 15 is 0 Å². The summed E-state index contributed by atoms with van der Waals surface area (Å²) in [5.74, 6) is -0.195. The van der Waals surface area contributed by atoms with E-state index in [0.29, 0.717) is 10.7 Å². The number of amides is 1. The number of aliphatic hydroxyl groups excluding tert-OH is 1. The van der Waals surface area contributed by atoms with E-state index in [9.17, 15) is 4.79 Å². The minimum atomic E-state index is -0.474. The molecule has 0 fully saturated rings. The Bertz CT molecular complexity index is 394. The summed E-state index contributed by atoms with van der Waals surface area (Å²) in [4.78, 5) is 11.6. The van der Waals surface area contributed by atoms with Crippen molar-refractivity contribution >= 4 is 23.2 Å². The highest BCUT2D eigenvalue weighted by molar-refractivity contribution is 6.33. The van der Waals surface area contributed by atoms with Crippen molar-refractivity contribution in [2.45, 2.75) is 19.4 Å². The molecule has 0 aromatic heterocycles. The molecule has 1 amide bonds. The minimum absolute atomic E-state index is 0.0353. The van der Waals surface area contributed by atoms with Crippen molar-refractivity contribution in [3.63, 3.8) is 0 Å². The predicted octanol–water partition coefficient (Wildman–Crippen LogP) is 1.64. The van der Waals surface area contributed by atoms with Gasteiger partial charge in [0.05, 0.1) is 23.9 Å². The van der Waals surface area contributed by atoms with Crippen molar-refractivity contribution in [3.05, 3.63) is 29.3 Å². The topological polar surface area (TPSA) is 61.4 Å². The number of hydrogen-bond acceptors (Lipinski definition) is 3. The molecule has 4 nitrogen and oxygen atoms in total. The number of aliphatic hydroxyl groups is 1. The van der Waals surface area contributed by atoms with E-state index in [-0.39, 0.29) is 19.1 Å². The first-order chi connectivity index (χ1) is 7.94. The first-order valence-corrected chi connectivity index (χ1v) is 5.73. The van der Waals surface area contributed by atoms with Gasteiger partial charge in [0.2, 0.25) is 5.91 Å². The van der Waals surface area contributed by atoms with Gasteiger partial charge in [-0.3, -0.25) is 4.79 Å². The van der Waals surface area contributed by atoms with Crippen molar-refractivity contribution in [1.29, 1.82) is 0 Å². The normalized spacial score (nSPS) is 11.3. The molecule has 5 heteroatoms. The quantitative estimate of drug-likeness (QED) is 0.751. The van der Waals surface area contributed by atoms with Gasteiger partial charge in [-0.2, -0.15) is 0 Å². The van der Waals surface area contributed by atoms with Crippen molar-refractivity contribution in [3.8, 4) is 0 Å². The summed E-state index contributed by atoms with van der Waals surface area (Å²) in [5.41, 5.74) is 0.112. The highest BCUT2D eigenvalue weighted by Crippen LogP contribution is 2.20. The molecule has 17 heavy (non-hydrogen) atoms. The second-order valence-corrected chi connectivity index (χ2v) is 4.83. The largest absolute Gasteiger partial charge is 0.394 e. The van der Waals surface area contributed by atoms with Crippen LogP contribution >= 0.6 is 11.6 Å². The highest BCUT2D eigenvalue weighted by atomic mass is 35.5. The van der Waals surface area contributed by atoms with Crippen LogP contribution in [0.2, 0.25) is 5.02 Å². The van der Waals surface area contributed by atoms with Crippen LogP contribution in [0.5, 0.6) is 0 Å². The Balaban J connectivity index is 2.48. The van der Waals surface area contributed by atoms with Gasteiger partial charge >= 0.3 is 0 Å². The number of hydrogen-bond donors (Lipinski definition) is 3. The predicted molar refractivity (Wildman–Crippen MR) is 69.2 cm³/mol. The SMILES string of the molecule is CC(C)(CO)NCC(=O)Nc1ccccc1Cl. The third kappa shape index (κ3) is 4.73. The third-order valence-corrected chi connectivity index (χ3v) is 2.60. The zero-order chi connectivity index (χ0) is 12.9. The van der Waals surface area contributed by atoms with Crippen LogP contribution in [0.1, 0.15) is 13.8 Å². The van der Waals surface area contributed by atoms with Crippen LogP contribution in [-0.4, -0.2) is 29.7 Å². The Morgan fingerprint density at radius 1 is 1.41 bits per heavy atom. The molecule has 0 spiro atoms. The lowest BCUT2D eigenvalue weighted by Crippen LogP contribution is -2.46. The van der Waals surface area contributed by atoms with Crippen LogP contribution in [0, 0.1) is 0 Å². The second kappa shape index (κ2) is 6.00. The molecule has 0 aliphatic rings. The fourth-order valence-corrected chi connectivity index (χ4v) is 1.32. The van der Waals surface area contributed by atoms with Gasteiger partial charge in [-0.15, -0.1) is 0 Å². The lowest BCUT2D eigenvalue weighted by Gasteiger charge is -2.23. The first-order valence-electron chi connectivity index (χ1n) is 5.35. The standard InChI is InChI=1S/C12H17ClN2O2/c1-12(2,8-16)14-7-11(17)15-10-6-4-3-5-9(10)13/h3-6,14,16H,7-8H2,1-2H3,(H,15,17). The smallest absolute Gasteiger partial charge is 0.238 e. The van der Waals surface area contributed by atoms with Crippen LogP contribution in [0.4, 0.5) is 5.69 Å². The molecule has 0 unspecified atom stereocenters. The van der Waals surface area contributed by atoms with E-state index in [1.165, 1.54) is 0 Å². The molecule has 0 bridgehead atoms. The average Bonchev–Trinajstić information content (AvgIpc) is 2.30. The maximum Gasteiger partial charge on any atom is 0.238 e. The van der Waals surface area contributed by atoms with Crippen LogP contribution in [0.25, 0.3) is 0 Å². The van der Waals surface area contributed by atoms with Crippen LogP contribution < -0.4 is 10.6 Å². The van der Waals surface area contributed by atoms with E-state index in [1.54, 1.807) is 24.3 Å². The highest BCUT2D eigenvalue weighted by Gasteiger charge is 2.16. The van der Waals surface area contributed by atoms with Gasteiger partial charge < -0.3 is 15.7 Å². The Morgan fingerprint density at radius 3 is 2.65 bits per heavy atom. The summed E-state index contributed by atoms with van der Waals surface area (Å²) >= 11 is 5.91. The summed E-state index contributed by atoms with van der Waals surface area (Å²) in [6.45, 7) is 3.72. The van der Waals surface area contributed by atoms with Crippen LogP contribution in [0.3, 0.4) is 0 Å². The number of anilines is 1. The Hall–Kier alpha value is -1.10. The van der Waals surface area contributed by atoms with E-state index < -0.39 is 5.54 Å². The number of carbonyl (C=O) groups is 1. The van der Waals surface area contributed by atoms with E-state index in [4.69, 9.17) is 16.7 Å². The molecule has 1 rings (SSSR count). The Morgan fingerprint density at radius 2 is 2.06 bits per heavy atom. The third-order valence-electron chi connectivity index (χ3n) is 2.27. The second-order valence-electron chi connectivity index (χ2n) is 4.42. The van der Waals surface area contributed by atoms with Crippen molar-refractivity contribution in [2.75, 3.05) is 18.5 Å². The molecule has 0 aliphatic heterocycles. The van der Waals surface area contributed by atoms with E-state index in [1.807, 2.05) is 13.8 Å². The molecule has 0 aliphatic carbocycles. The summed E-state index contributed by atoms with van der Waals surface area (Å²) in [6.07, 6.45) is 0. The van der Waals surface area contributed by atoms with Gasteiger partial charge in [0, 0.05) is 5.54 Å². The minimum Gasteiger partial charge on any atom is -0.394 e. The molecule has 0 heterocycles. The monoisotopic (exact) mass is 256 g/mol. The van der Waals surface area contributed by atoms with Crippen molar-refractivity contribution < 1.29 is 9.90 Å². The fraction of sp³-hybridized carbons (Fsp3) is 0.417. The van der Waals surface area contributed by atoms with Gasteiger partial charge in [-0.25, -0.2) is 0 Å². The van der Waals surface area contributed by atoms with Gasteiger partial charge in [-0.1, -0.05) is 23.7 Å². The van der Waals surface area contributed by atoms with Crippen LogP contribution in [-0.2, 0) is 4.79 Å². The lowest BCUT2D eigenvalue weighted by molar-refractivity contribution is -0.115. The molecule has 1 aromatic rings. The Labute approximate surface area is 106 Å². The zero-order valence-electron chi connectivity index (χ0n) is 9.96. The summed E-state index contributed by atoms with van der Waals surface area (Å²) in [7, 11) is 0. The number of nitrogens with one attached hydrogen (secondary N) is 2. The van der Waals surface area contributed by atoms with Gasteiger partial charge in [0.25, 0.3) is 0 Å². The maximum atomic E-state index is 11.6. The van der Waals surface area contributed by atoms with Crippen molar-refractivity contribution in [2.24, 2.45) is 0 Å². The lowest BCUT2D eigenvalue weighted by atomic mass is 10.1. The van der Waals surface area contributed by atoms with E-state index in [2.05, 4.69) is 10.6 Å². The molecule has 94 valence electrons. The van der Waals surface area contributed by atoms with Gasteiger partial charge in [0.1, 0.15) is 0 Å². The van der Waals surface area contributed by atoms with Crippen molar-refractivity contribution in [1.82, 2.24) is 5.32 Å². The molecule has 0 atom stereocenters. The number of carbonyl (C=O) groups excluding carboxylic acids is 1. The molecule has 0 radical (unpaired) electrons. The number of halogens is 1. The zero-order valence-corrected chi connectivity index (χ0v) is 10.7. The fourth-order valence-electron chi connectivity index (χ4n) is 1.13. The molecular formula is C12H17ClN2O2. The Kier molecular flexibility index (Phi) is 4.93. The maximum absolute atomic E-state index is 11.6.